The fourth-order valence-corrected chi connectivity index (χ4v) is 1.99. The molecule has 3 heteroatoms. The van der Waals surface area contributed by atoms with E-state index < -0.39 is 5.97 Å². The molecule has 0 aliphatic carbocycles. The Morgan fingerprint density at radius 2 is 1.95 bits per heavy atom. The number of hydrogen-bond donors (Lipinski definition) is 1. The highest BCUT2D eigenvalue weighted by Gasteiger charge is 2.07. The number of aliphatic carboxylic acids is 1. The van der Waals surface area contributed by atoms with E-state index in [1.807, 2.05) is 24.3 Å². The molecule has 1 unspecified atom stereocenters. The number of hydrogen-bond acceptors (Lipinski definition) is 2. The summed E-state index contributed by atoms with van der Waals surface area (Å²) in [5.41, 5.74) is 0.804. The van der Waals surface area contributed by atoms with Gasteiger partial charge in [0.1, 0.15) is 5.75 Å². The molecule has 0 spiro atoms. The molecule has 0 saturated heterocycles. The number of carboxylic acids is 1. The summed E-state index contributed by atoms with van der Waals surface area (Å²) >= 11 is 0. The number of carboxylic acid groups (broad SMARTS) is 1. The number of unbranched alkanes of at least 4 members (excludes halogenated alkanes) is 1. The third-order valence-electron chi connectivity index (χ3n) is 3.31. The minimum Gasteiger partial charge on any atom is -0.493 e. The van der Waals surface area contributed by atoms with Crippen LogP contribution in [0, 0.1) is 5.92 Å². The summed E-state index contributed by atoms with van der Waals surface area (Å²) in [4.78, 5) is 10.6. The molecule has 0 heterocycles. The van der Waals surface area contributed by atoms with Gasteiger partial charge in [0.15, 0.2) is 0 Å². The van der Waals surface area contributed by atoms with Gasteiger partial charge in [0.25, 0.3) is 0 Å². The quantitative estimate of drug-likeness (QED) is 0.735. The highest BCUT2D eigenvalue weighted by atomic mass is 16.5. The SMILES string of the molecule is CCCCC(CC)COc1ccc(CC(=O)O)cc1. The van der Waals surface area contributed by atoms with Crippen LogP contribution in [0.15, 0.2) is 24.3 Å². The number of ether oxygens (including phenoxy) is 1. The van der Waals surface area contributed by atoms with Gasteiger partial charge < -0.3 is 9.84 Å². The summed E-state index contributed by atoms with van der Waals surface area (Å²) in [7, 11) is 0. The van der Waals surface area contributed by atoms with Gasteiger partial charge in [0.05, 0.1) is 13.0 Å². The van der Waals surface area contributed by atoms with Crippen LogP contribution in [0.4, 0.5) is 0 Å². The third kappa shape index (κ3) is 6.27. The molecule has 1 rings (SSSR count). The van der Waals surface area contributed by atoms with Crippen molar-refractivity contribution in [2.45, 2.75) is 46.0 Å². The monoisotopic (exact) mass is 264 g/mol. The molecule has 0 amide bonds. The minimum absolute atomic E-state index is 0.0639. The van der Waals surface area contributed by atoms with Crippen LogP contribution in [0.25, 0.3) is 0 Å². The van der Waals surface area contributed by atoms with E-state index in [1.165, 1.54) is 19.3 Å². The maximum atomic E-state index is 10.6. The maximum absolute atomic E-state index is 10.6. The average molecular weight is 264 g/mol. The highest BCUT2D eigenvalue weighted by Crippen LogP contribution is 2.17. The van der Waals surface area contributed by atoms with Gasteiger partial charge >= 0.3 is 5.97 Å². The van der Waals surface area contributed by atoms with E-state index in [4.69, 9.17) is 9.84 Å². The van der Waals surface area contributed by atoms with E-state index in [0.717, 1.165) is 24.3 Å². The molecule has 106 valence electrons. The zero-order valence-electron chi connectivity index (χ0n) is 11.9. The van der Waals surface area contributed by atoms with E-state index in [2.05, 4.69) is 13.8 Å². The standard InChI is InChI=1S/C16H24O3/c1-3-5-6-13(4-2)12-19-15-9-7-14(8-10-15)11-16(17)18/h7-10,13H,3-6,11-12H2,1-2H3,(H,17,18). The second-order valence-corrected chi connectivity index (χ2v) is 4.94. The Hall–Kier alpha value is -1.51. The van der Waals surface area contributed by atoms with Gasteiger partial charge in [0, 0.05) is 0 Å². The molecule has 0 radical (unpaired) electrons. The van der Waals surface area contributed by atoms with Gasteiger partial charge in [-0.3, -0.25) is 4.79 Å². The Morgan fingerprint density at radius 1 is 1.26 bits per heavy atom. The Balaban J connectivity index is 2.41. The van der Waals surface area contributed by atoms with E-state index >= 15 is 0 Å². The molecular weight excluding hydrogens is 240 g/mol. The van der Waals surface area contributed by atoms with Crippen LogP contribution in [0.5, 0.6) is 5.75 Å². The van der Waals surface area contributed by atoms with E-state index in [0.29, 0.717) is 5.92 Å². The van der Waals surface area contributed by atoms with Gasteiger partial charge in [-0.25, -0.2) is 0 Å². The number of benzene rings is 1. The van der Waals surface area contributed by atoms with Gasteiger partial charge in [-0.1, -0.05) is 45.2 Å². The van der Waals surface area contributed by atoms with Gasteiger partial charge in [-0.05, 0) is 30.0 Å². The predicted molar refractivity (Wildman–Crippen MR) is 76.6 cm³/mol. The summed E-state index contributed by atoms with van der Waals surface area (Å²) in [5.74, 6) is 0.627. The molecule has 19 heavy (non-hydrogen) atoms. The van der Waals surface area contributed by atoms with Crippen molar-refractivity contribution in [1.82, 2.24) is 0 Å². The van der Waals surface area contributed by atoms with Crippen molar-refractivity contribution in [3.8, 4) is 5.75 Å². The predicted octanol–water partition coefficient (Wildman–Crippen LogP) is 3.91. The summed E-state index contributed by atoms with van der Waals surface area (Å²) in [6.07, 6.45) is 4.88. The molecule has 0 saturated carbocycles. The first-order valence-corrected chi connectivity index (χ1v) is 7.09. The number of carbonyl (C=O) groups is 1. The molecule has 0 aromatic heterocycles. The van der Waals surface area contributed by atoms with E-state index in [9.17, 15) is 4.79 Å². The summed E-state index contributed by atoms with van der Waals surface area (Å²) in [6, 6.07) is 7.34. The van der Waals surface area contributed by atoms with E-state index in [1.54, 1.807) is 0 Å². The lowest BCUT2D eigenvalue weighted by atomic mass is 10.0. The van der Waals surface area contributed by atoms with E-state index in [-0.39, 0.29) is 6.42 Å². The Morgan fingerprint density at radius 3 is 2.47 bits per heavy atom. The molecule has 1 aromatic rings. The lowest BCUT2D eigenvalue weighted by molar-refractivity contribution is -0.136. The molecule has 3 nitrogen and oxygen atoms in total. The van der Waals surface area contributed by atoms with Crippen molar-refractivity contribution < 1.29 is 14.6 Å². The fourth-order valence-electron chi connectivity index (χ4n) is 1.99. The van der Waals surface area contributed by atoms with Gasteiger partial charge in [-0.15, -0.1) is 0 Å². The molecule has 0 aliphatic rings. The minimum atomic E-state index is -0.806. The van der Waals surface area contributed by atoms with Gasteiger partial charge in [0.2, 0.25) is 0 Å². The smallest absolute Gasteiger partial charge is 0.307 e. The van der Waals surface area contributed by atoms with Crippen molar-refractivity contribution in [3.63, 3.8) is 0 Å². The lowest BCUT2D eigenvalue weighted by Crippen LogP contribution is -2.11. The zero-order valence-corrected chi connectivity index (χ0v) is 11.9. The summed E-state index contributed by atoms with van der Waals surface area (Å²) in [5, 5.41) is 8.70. The molecule has 0 aliphatic heterocycles. The van der Waals surface area contributed by atoms with Crippen LogP contribution in [0.3, 0.4) is 0 Å². The highest BCUT2D eigenvalue weighted by molar-refractivity contribution is 5.70. The first kappa shape index (κ1) is 15.5. The Labute approximate surface area is 115 Å². The van der Waals surface area contributed by atoms with Gasteiger partial charge in [-0.2, -0.15) is 0 Å². The Kier molecular flexibility index (Phi) is 7.01. The third-order valence-corrected chi connectivity index (χ3v) is 3.31. The number of rotatable bonds is 9. The first-order chi connectivity index (χ1) is 9.15. The topological polar surface area (TPSA) is 46.5 Å². The Bertz CT molecular complexity index is 370. The fraction of sp³-hybridized carbons (Fsp3) is 0.562. The molecule has 0 bridgehead atoms. The summed E-state index contributed by atoms with van der Waals surface area (Å²) in [6.45, 7) is 5.14. The molecule has 1 N–H and O–H groups in total. The van der Waals surface area contributed by atoms with Crippen LogP contribution < -0.4 is 4.74 Å². The average Bonchev–Trinajstić information content (AvgIpc) is 2.40. The molecule has 1 aromatic carbocycles. The molecular formula is C16H24O3. The second-order valence-electron chi connectivity index (χ2n) is 4.94. The zero-order chi connectivity index (χ0) is 14.1. The second kappa shape index (κ2) is 8.57. The largest absolute Gasteiger partial charge is 0.493 e. The van der Waals surface area contributed by atoms with Crippen LogP contribution in [-0.2, 0) is 11.2 Å². The van der Waals surface area contributed by atoms with Crippen LogP contribution in [0.2, 0.25) is 0 Å². The normalized spacial score (nSPS) is 12.1. The van der Waals surface area contributed by atoms with Crippen molar-refractivity contribution >= 4 is 5.97 Å². The van der Waals surface area contributed by atoms with Crippen molar-refractivity contribution in [2.24, 2.45) is 5.92 Å². The lowest BCUT2D eigenvalue weighted by Gasteiger charge is -2.15. The van der Waals surface area contributed by atoms with Crippen molar-refractivity contribution in [2.75, 3.05) is 6.61 Å². The van der Waals surface area contributed by atoms with Crippen molar-refractivity contribution in [1.29, 1.82) is 0 Å². The first-order valence-electron chi connectivity index (χ1n) is 7.09. The molecule has 0 fully saturated rings. The van der Waals surface area contributed by atoms with Crippen LogP contribution >= 0.6 is 0 Å². The van der Waals surface area contributed by atoms with Crippen LogP contribution in [-0.4, -0.2) is 17.7 Å². The van der Waals surface area contributed by atoms with Crippen molar-refractivity contribution in [3.05, 3.63) is 29.8 Å². The maximum Gasteiger partial charge on any atom is 0.307 e. The summed E-state index contributed by atoms with van der Waals surface area (Å²) < 4.78 is 5.77. The van der Waals surface area contributed by atoms with Crippen LogP contribution in [0.1, 0.15) is 45.1 Å². The molecule has 1 atom stereocenters.